The van der Waals surface area contributed by atoms with E-state index in [9.17, 15) is 4.79 Å². The molecule has 126 valence electrons. The van der Waals surface area contributed by atoms with Crippen LogP contribution in [0.25, 0.3) is 0 Å². The van der Waals surface area contributed by atoms with Crippen molar-refractivity contribution in [3.8, 4) is 0 Å². The first-order valence-corrected chi connectivity index (χ1v) is 8.84. The van der Waals surface area contributed by atoms with Crippen molar-refractivity contribution in [3.63, 3.8) is 0 Å². The summed E-state index contributed by atoms with van der Waals surface area (Å²) in [6.07, 6.45) is 1.81. The van der Waals surface area contributed by atoms with Crippen LogP contribution in [0.5, 0.6) is 0 Å². The van der Waals surface area contributed by atoms with E-state index in [1.807, 2.05) is 25.6 Å². The molecule has 0 atom stereocenters. The van der Waals surface area contributed by atoms with E-state index in [0.29, 0.717) is 5.70 Å². The fraction of sp³-hybridized carbons (Fsp3) is 0.706. The molecule has 1 heterocycles. The Morgan fingerprint density at radius 1 is 1.23 bits per heavy atom. The van der Waals surface area contributed by atoms with E-state index in [4.69, 9.17) is 4.74 Å². The molecule has 0 aromatic rings. The summed E-state index contributed by atoms with van der Waals surface area (Å²) in [7, 11) is 1.64. The van der Waals surface area contributed by atoms with Gasteiger partial charge in [0.15, 0.2) is 0 Å². The third kappa shape index (κ3) is 5.06. The minimum Gasteiger partial charge on any atom is -0.500 e. The molecule has 1 N–H and O–H groups in total. The summed E-state index contributed by atoms with van der Waals surface area (Å²) < 4.78 is 5.40. The Hall–Kier alpha value is -0.940. The lowest BCUT2D eigenvalue weighted by atomic mass is 9.93. The molecule has 1 rings (SSSR count). The van der Waals surface area contributed by atoms with Crippen LogP contribution in [0.3, 0.4) is 0 Å². The molecule has 0 spiro atoms. The molecule has 5 heteroatoms. The number of carbonyl (C=O) groups excluding carboxylic acids is 1. The average molecular weight is 327 g/mol. The lowest BCUT2D eigenvalue weighted by Crippen LogP contribution is -2.56. The van der Waals surface area contributed by atoms with Gasteiger partial charge in [0.05, 0.1) is 12.6 Å². The smallest absolute Gasteiger partial charge is 0.244 e. The predicted molar refractivity (Wildman–Crippen MR) is 94.8 cm³/mol. The number of hydrogen-bond donors (Lipinski definition) is 1. The molecule has 0 saturated carbocycles. The first-order chi connectivity index (χ1) is 10.1. The van der Waals surface area contributed by atoms with Gasteiger partial charge in [0.1, 0.15) is 5.76 Å². The summed E-state index contributed by atoms with van der Waals surface area (Å²) in [5, 5.41) is 2.92. The zero-order valence-electron chi connectivity index (χ0n) is 14.8. The molecule has 0 bridgehead atoms. The molecule has 1 saturated heterocycles. The van der Waals surface area contributed by atoms with Gasteiger partial charge >= 0.3 is 0 Å². The van der Waals surface area contributed by atoms with E-state index in [1.165, 1.54) is 0 Å². The Kier molecular flexibility index (Phi) is 6.56. The zero-order valence-corrected chi connectivity index (χ0v) is 15.6. The number of hydrogen-bond acceptors (Lipinski definition) is 4. The summed E-state index contributed by atoms with van der Waals surface area (Å²) >= 11 is 1.94. The molecule has 0 aromatic carbocycles. The van der Waals surface area contributed by atoms with Gasteiger partial charge in [0.2, 0.25) is 5.91 Å². The number of allylic oxidation sites excluding steroid dienone is 2. The van der Waals surface area contributed by atoms with Gasteiger partial charge in [-0.1, -0.05) is 27.4 Å². The third-order valence-corrected chi connectivity index (χ3v) is 4.84. The molecular weight excluding hydrogens is 296 g/mol. The molecule has 4 nitrogen and oxygen atoms in total. The first kappa shape index (κ1) is 19.1. The number of rotatable bonds is 5. The molecule has 22 heavy (non-hydrogen) atoms. The Labute approximate surface area is 139 Å². The Morgan fingerprint density at radius 2 is 1.77 bits per heavy atom. The zero-order chi connectivity index (χ0) is 17.0. The molecule has 0 unspecified atom stereocenters. The maximum Gasteiger partial charge on any atom is 0.244 e. The number of carbonyl (C=O) groups is 1. The highest BCUT2D eigenvalue weighted by Crippen LogP contribution is 2.26. The van der Waals surface area contributed by atoms with E-state index < -0.39 is 5.54 Å². The van der Waals surface area contributed by atoms with Crippen LogP contribution in [-0.2, 0) is 9.53 Å². The molecule has 0 aliphatic carbocycles. The highest BCUT2D eigenvalue weighted by molar-refractivity contribution is 7.99. The number of methoxy groups -OCH3 is 1. The number of thioether (sulfide) groups is 1. The van der Waals surface area contributed by atoms with Crippen molar-refractivity contribution >= 4 is 17.7 Å². The second-order valence-electron chi connectivity index (χ2n) is 7.10. The molecule has 0 radical (unpaired) electrons. The van der Waals surface area contributed by atoms with Crippen LogP contribution in [0.4, 0.5) is 0 Å². The van der Waals surface area contributed by atoms with Gasteiger partial charge in [-0.15, -0.1) is 0 Å². The van der Waals surface area contributed by atoms with Gasteiger partial charge in [-0.3, -0.25) is 9.69 Å². The molecule has 1 amide bonds. The fourth-order valence-corrected chi connectivity index (χ4v) is 3.24. The van der Waals surface area contributed by atoms with Gasteiger partial charge in [-0.05, 0) is 19.9 Å². The van der Waals surface area contributed by atoms with Crippen molar-refractivity contribution in [1.29, 1.82) is 0 Å². The maximum atomic E-state index is 12.6. The van der Waals surface area contributed by atoms with Crippen molar-refractivity contribution in [2.75, 3.05) is 31.7 Å². The number of nitrogens with one attached hydrogen (secondary N) is 1. The van der Waals surface area contributed by atoms with Crippen LogP contribution >= 0.6 is 11.8 Å². The second-order valence-corrected chi connectivity index (χ2v) is 8.33. The van der Waals surface area contributed by atoms with Gasteiger partial charge in [0.25, 0.3) is 0 Å². The van der Waals surface area contributed by atoms with Gasteiger partial charge in [0, 0.05) is 35.7 Å². The van der Waals surface area contributed by atoms with Crippen LogP contribution < -0.4 is 5.32 Å². The normalized spacial score (nSPS) is 18.0. The summed E-state index contributed by atoms with van der Waals surface area (Å²) in [5.74, 6) is 2.93. The van der Waals surface area contributed by atoms with Crippen molar-refractivity contribution in [3.05, 3.63) is 24.1 Å². The highest BCUT2D eigenvalue weighted by atomic mass is 32.2. The number of ether oxygens (including phenoxy) is 1. The molecule has 1 fully saturated rings. The van der Waals surface area contributed by atoms with E-state index in [-0.39, 0.29) is 11.3 Å². The van der Waals surface area contributed by atoms with Gasteiger partial charge < -0.3 is 10.1 Å². The lowest BCUT2D eigenvalue weighted by Gasteiger charge is -2.39. The van der Waals surface area contributed by atoms with Crippen LogP contribution in [-0.4, -0.2) is 48.1 Å². The minimum atomic E-state index is -0.535. The maximum absolute atomic E-state index is 12.6. The standard InChI is InChI=1S/C17H30N2O2S/c1-13(12-14(21-7)16(2,3)4)18-15(20)17(5,6)19-8-10-22-11-9-19/h12H,1,8-11H2,2-7H3,(H,18,20)/b14-12-. The van der Waals surface area contributed by atoms with E-state index >= 15 is 0 Å². The summed E-state index contributed by atoms with van der Waals surface area (Å²) in [6, 6.07) is 0. The van der Waals surface area contributed by atoms with Gasteiger partial charge in [-0.25, -0.2) is 0 Å². The first-order valence-electron chi connectivity index (χ1n) is 7.68. The average Bonchev–Trinajstić information content (AvgIpc) is 2.44. The monoisotopic (exact) mass is 326 g/mol. The van der Waals surface area contributed by atoms with Crippen LogP contribution in [0.2, 0.25) is 0 Å². The number of nitrogens with zero attached hydrogens (tertiary/aromatic N) is 1. The van der Waals surface area contributed by atoms with Gasteiger partial charge in [-0.2, -0.15) is 11.8 Å². The molecular formula is C17H30N2O2S. The number of amides is 1. The lowest BCUT2D eigenvalue weighted by molar-refractivity contribution is -0.130. The van der Waals surface area contributed by atoms with Crippen molar-refractivity contribution in [1.82, 2.24) is 10.2 Å². The van der Waals surface area contributed by atoms with Crippen LogP contribution in [0.1, 0.15) is 34.6 Å². The van der Waals surface area contributed by atoms with Crippen molar-refractivity contribution in [2.24, 2.45) is 5.41 Å². The predicted octanol–water partition coefficient (Wildman–Crippen LogP) is 3.02. The highest BCUT2D eigenvalue weighted by Gasteiger charge is 2.35. The Balaban J connectivity index is 2.74. The third-order valence-electron chi connectivity index (χ3n) is 3.90. The molecule has 0 aromatic heterocycles. The van der Waals surface area contributed by atoms with E-state index in [2.05, 4.69) is 37.6 Å². The quantitative estimate of drug-likeness (QED) is 0.623. The molecule has 1 aliphatic rings. The fourth-order valence-electron chi connectivity index (χ4n) is 2.34. The largest absolute Gasteiger partial charge is 0.500 e. The second kappa shape index (κ2) is 7.55. The van der Waals surface area contributed by atoms with Crippen LogP contribution in [0, 0.1) is 5.41 Å². The van der Waals surface area contributed by atoms with Crippen LogP contribution in [0.15, 0.2) is 24.1 Å². The topological polar surface area (TPSA) is 41.6 Å². The minimum absolute atomic E-state index is 0.0231. The van der Waals surface area contributed by atoms with Crippen molar-refractivity contribution < 1.29 is 9.53 Å². The SMILES string of the molecule is C=C(/C=C(\OC)C(C)(C)C)NC(=O)C(C)(C)N1CCSCC1. The molecule has 1 aliphatic heterocycles. The summed E-state index contributed by atoms with van der Waals surface area (Å²) in [6.45, 7) is 16.0. The van der Waals surface area contributed by atoms with E-state index in [1.54, 1.807) is 13.2 Å². The Morgan fingerprint density at radius 3 is 2.23 bits per heavy atom. The van der Waals surface area contributed by atoms with Crippen molar-refractivity contribution in [2.45, 2.75) is 40.2 Å². The summed E-state index contributed by atoms with van der Waals surface area (Å²) in [5.41, 5.74) is -0.0920. The summed E-state index contributed by atoms with van der Waals surface area (Å²) in [4.78, 5) is 14.8. The Bertz CT molecular complexity index is 444. The van der Waals surface area contributed by atoms with E-state index in [0.717, 1.165) is 30.4 Å².